The molecule has 0 bridgehead atoms. The number of rotatable bonds is 6. The van der Waals surface area contributed by atoms with E-state index in [0.717, 1.165) is 18.5 Å². The van der Waals surface area contributed by atoms with Crippen molar-refractivity contribution in [3.63, 3.8) is 0 Å². The predicted octanol–water partition coefficient (Wildman–Crippen LogP) is 2.34. The Bertz CT molecular complexity index is 685. The average molecular weight is 327 g/mol. The zero-order valence-electron chi connectivity index (χ0n) is 13.4. The Kier molecular flexibility index (Phi) is 4.93. The van der Waals surface area contributed by atoms with Crippen molar-refractivity contribution in [3.05, 3.63) is 54.6 Å². The van der Waals surface area contributed by atoms with Crippen molar-refractivity contribution in [2.24, 2.45) is 5.92 Å². The van der Waals surface area contributed by atoms with Gasteiger partial charge in [-0.15, -0.1) is 0 Å². The summed E-state index contributed by atoms with van der Waals surface area (Å²) in [5.74, 6) is -1.36. The molecular weight excluding hydrogens is 306 g/mol. The molecule has 2 atom stereocenters. The molecule has 126 valence electrons. The number of amides is 1. The number of carbonyl (C=O) groups is 2. The highest BCUT2D eigenvalue weighted by Crippen LogP contribution is 2.36. The Balaban J connectivity index is 1.78. The van der Waals surface area contributed by atoms with Crippen LogP contribution in [-0.2, 0) is 16.1 Å². The summed E-state index contributed by atoms with van der Waals surface area (Å²) in [5, 5.41) is 9.60. The van der Waals surface area contributed by atoms with Crippen LogP contribution in [0.1, 0.15) is 30.9 Å². The number of carboxylic acid groups (broad SMARTS) is 1. The van der Waals surface area contributed by atoms with Crippen molar-refractivity contribution < 1.29 is 14.7 Å². The number of piperidine rings is 1. The lowest BCUT2D eigenvalue weighted by Crippen LogP contribution is -2.45. The molecule has 6 nitrogen and oxygen atoms in total. The summed E-state index contributed by atoms with van der Waals surface area (Å²) < 4.78 is 1.96. The Morgan fingerprint density at radius 3 is 2.71 bits per heavy atom. The molecular formula is C18H21N3O3. The first-order chi connectivity index (χ1) is 11.7. The summed E-state index contributed by atoms with van der Waals surface area (Å²) in [6.07, 6.45) is 6.80. The summed E-state index contributed by atoms with van der Waals surface area (Å²) in [6, 6.07) is 9.08. The van der Waals surface area contributed by atoms with Crippen LogP contribution in [-0.4, -0.2) is 38.0 Å². The molecule has 2 aromatic rings. The number of nitrogens with zero attached hydrogens (tertiary/aromatic N) is 3. The van der Waals surface area contributed by atoms with Crippen LogP contribution in [0.25, 0.3) is 0 Å². The predicted molar refractivity (Wildman–Crippen MR) is 88.1 cm³/mol. The molecule has 3 rings (SSSR count). The lowest BCUT2D eigenvalue weighted by atomic mass is 9.84. The first kappa shape index (κ1) is 16.2. The molecule has 0 unspecified atom stereocenters. The van der Waals surface area contributed by atoms with E-state index in [2.05, 4.69) is 4.98 Å². The van der Waals surface area contributed by atoms with Crippen LogP contribution in [0, 0.1) is 5.92 Å². The Labute approximate surface area is 140 Å². The summed E-state index contributed by atoms with van der Waals surface area (Å²) >= 11 is 0. The first-order valence-electron chi connectivity index (χ1n) is 8.20. The van der Waals surface area contributed by atoms with Crippen molar-refractivity contribution in [3.8, 4) is 0 Å². The van der Waals surface area contributed by atoms with Gasteiger partial charge in [-0.1, -0.05) is 30.3 Å². The van der Waals surface area contributed by atoms with Crippen LogP contribution in [0.15, 0.2) is 49.1 Å². The summed E-state index contributed by atoms with van der Waals surface area (Å²) in [5.41, 5.74) is 0.889. The molecule has 1 N–H and O–H groups in total. The number of aliphatic carboxylic acids is 1. The van der Waals surface area contributed by atoms with Crippen LogP contribution < -0.4 is 0 Å². The molecule has 24 heavy (non-hydrogen) atoms. The second kappa shape index (κ2) is 7.29. The molecule has 1 aliphatic heterocycles. The Hall–Kier alpha value is -2.63. The second-order valence-electron chi connectivity index (χ2n) is 6.08. The molecule has 1 aromatic heterocycles. The van der Waals surface area contributed by atoms with Gasteiger partial charge in [0.15, 0.2) is 0 Å². The number of carboxylic acids is 1. The molecule has 0 spiro atoms. The van der Waals surface area contributed by atoms with Gasteiger partial charge in [0, 0.05) is 31.9 Å². The first-order valence-corrected chi connectivity index (χ1v) is 8.20. The molecule has 6 heteroatoms. The molecule has 0 radical (unpaired) electrons. The lowest BCUT2D eigenvalue weighted by molar-refractivity contribution is -0.152. The van der Waals surface area contributed by atoms with E-state index < -0.39 is 17.9 Å². The molecule has 1 amide bonds. The van der Waals surface area contributed by atoms with Crippen molar-refractivity contribution in [1.29, 1.82) is 0 Å². The average Bonchev–Trinajstić information content (AvgIpc) is 3.10. The molecule has 1 aromatic carbocycles. The van der Waals surface area contributed by atoms with Gasteiger partial charge in [0.05, 0.1) is 18.3 Å². The maximum Gasteiger partial charge on any atom is 0.308 e. The van der Waals surface area contributed by atoms with Crippen LogP contribution in [0.2, 0.25) is 0 Å². The minimum absolute atomic E-state index is 0.0342. The topological polar surface area (TPSA) is 75.4 Å². The summed E-state index contributed by atoms with van der Waals surface area (Å²) in [7, 11) is 0. The summed E-state index contributed by atoms with van der Waals surface area (Å²) in [6.45, 7) is 1.30. The fourth-order valence-electron chi connectivity index (χ4n) is 3.38. The summed E-state index contributed by atoms with van der Waals surface area (Å²) in [4.78, 5) is 29.9. The lowest BCUT2D eigenvalue weighted by Gasteiger charge is -2.40. The van der Waals surface area contributed by atoms with Gasteiger partial charge in [-0.2, -0.15) is 0 Å². The van der Waals surface area contributed by atoms with Crippen LogP contribution >= 0.6 is 0 Å². The molecule has 1 aliphatic rings. The minimum Gasteiger partial charge on any atom is -0.481 e. The number of hydrogen-bond acceptors (Lipinski definition) is 3. The highest BCUT2D eigenvalue weighted by molar-refractivity contribution is 5.81. The molecule has 0 saturated carbocycles. The van der Waals surface area contributed by atoms with Gasteiger partial charge in [0.2, 0.25) is 5.91 Å². The van der Waals surface area contributed by atoms with E-state index in [4.69, 9.17) is 0 Å². The standard InChI is InChI=1S/C18H21N3O3/c22-16-8-7-15(18(23)24)17(14-5-2-1-3-6-14)21(16)11-4-10-20-12-9-19-13-20/h1-3,5-6,9,12-13,15,17H,4,7-8,10-11H2,(H,23,24)/t15-,17+/m1/s1. The van der Waals surface area contributed by atoms with Crippen molar-refractivity contribution >= 4 is 11.9 Å². The van der Waals surface area contributed by atoms with E-state index in [1.807, 2.05) is 41.1 Å². The van der Waals surface area contributed by atoms with Crippen molar-refractivity contribution in [2.75, 3.05) is 6.54 Å². The largest absolute Gasteiger partial charge is 0.481 e. The van der Waals surface area contributed by atoms with Crippen LogP contribution in [0.3, 0.4) is 0 Å². The monoisotopic (exact) mass is 327 g/mol. The smallest absolute Gasteiger partial charge is 0.308 e. The maximum absolute atomic E-state index is 12.5. The number of aryl methyl sites for hydroxylation is 1. The highest BCUT2D eigenvalue weighted by Gasteiger charge is 2.40. The van der Waals surface area contributed by atoms with E-state index in [1.54, 1.807) is 17.4 Å². The number of aromatic nitrogens is 2. The van der Waals surface area contributed by atoms with Gasteiger partial charge in [-0.25, -0.2) is 4.98 Å². The molecule has 1 saturated heterocycles. The normalized spacial score (nSPS) is 21.0. The van der Waals surface area contributed by atoms with Gasteiger partial charge in [-0.05, 0) is 18.4 Å². The van der Waals surface area contributed by atoms with Gasteiger partial charge >= 0.3 is 5.97 Å². The van der Waals surface area contributed by atoms with Crippen molar-refractivity contribution in [2.45, 2.75) is 31.8 Å². The Morgan fingerprint density at radius 1 is 1.25 bits per heavy atom. The van der Waals surface area contributed by atoms with Crippen LogP contribution in [0.4, 0.5) is 0 Å². The zero-order chi connectivity index (χ0) is 16.9. The van der Waals surface area contributed by atoms with E-state index in [-0.39, 0.29) is 5.91 Å². The molecule has 2 heterocycles. The van der Waals surface area contributed by atoms with Crippen LogP contribution in [0.5, 0.6) is 0 Å². The number of benzene rings is 1. The Morgan fingerprint density at radius 2 is 2.04 bits per heavy atom. The number of hydrogen-bond donors (Lipinski definition) is 1. The quantitative estimate of drug-likeness (QED) is 0.883. The third kappa shape index (κ3) is 3.48. The fraction of sp³-hybridized carbons (Fsp3) is 0.389. The fourth-order valence-corrected chi connectivity index (χ4v) is 3.38. The van der Waals surface area contributed by atoms with Gasteiger partial charge in [-0.3, -0.25) is 9.59 Å². The number of likely N-dealkylation sites (tertiary alicyclic amines) is 1. The van der Waals surface area contributed by atoms with E-state index in [9.17, 15) is 14.7 Å². The molecule has 0 aliphatic carbocycles. The maximum atomic E-state index is 12.5. The van der Waals surface area contributed by atoms with Gasteiger partial charge in [0.25, 0.3) is 0 Å². The minimum atomic E-state index is -0.837. The van der Waals surface area contributed by atoms with E-state index in [1.165, 1.54) is 0 Å². The van der Waals surface area contributed by atoms with E-state index in [0.29, 0.717) is 19.4 Å². The molecule has 1 fully saturated rings. The third-order valence-electron chi connectivity index (χ3n) is 4.54. The van der Waals surface area contributed by atoms with Gasteiger partial charge < -0.3 is 14.6 Å². The van der Waals surface area contributed by atoms with Gasteiger partial charge in [0.1, 0.15) is 0 Å². The number of carbonyl (C=O) groups excluding carboxylic acids is 1. The highest BCUT2D eigenvalue weighted by atomic mass is 16.4. The van der Waals surface area contributed by atoms with E-state index >= 15 is 0 Å². The third-order valence-corrected chi connectivity index (χ3v) is 4.54. The van der Waals surface area contributed by atoms with Crippen molar-refractivity contribution in [1.82, 2.24) is 14.5 Å². The number of imidazole rings is 1. The zero-order valence-corrected chi connectivity index (χ0v) is 13.4. The SMILES string of the molecule is O=C(O)[C@@H]1CCC(=O)N(CCCn2ccnc2)[C@H]1c1ccccc1. The second-order valence-corrected chi connectivity index (χ2v) is 6.08.